The summed E-state index contributed by atoms with van der Waals surface area (Å²) >= 11 is 0. The van der Waals surface area contributed by atoms with Crippen molar-refractivity contribution in [2.45, 2.75) is 46.0 Å². The molecule has 0 fully saturated rings. The minimum Gasteiger partial charge on any atom is -0.366 e. The molecule has 0 radical (unpaired) electrons. The molecule has 0 aliphatic heterocycles. The molecular weight excluding hydrogens is 132 g/mol. The van der Waals surface area contributed by atoms with Crippen LogP contribution in [-0.4, -0.2) is 17.0 Å². The summed E-state index contributed by atoms with van der Waals surface area (Å²) in [5.41, 5.74) is -0.351. The van der Waals surface area contributed by atoms with Gasteiger partial charge in [0, 0.05) is 0 Å². The van der Waals surface area contributed by atoms with E-state index in [0.29, 0.717) is 6.42 Å². The maximum absolute atomic E-state index is 8.87. The molecule has 3 nitrogen and oxygen atoms in total. The first-order valence-corrected chi connectivity index (χ1v) is 3.48. The molecule has 0 aliphatic rings. The standard InChI is InChI=1S/C7H16O3/c1-5-6(8)9-10-7(2,3)4/h6,8H,5H2,1-4H3. The fourth-order valence-corrected chi connectivity index (χ4v) is 0.268. The van der Waals surface area contributed by atoms with Crippen LogP contribution in [0.1, 0.15) is 34.1 Å². The van der Waals surface area contributed by atoms with E-state index in [9.17, 15) is 0 Å². The number of hydrogen-bond donors (Lipinski definition) is 1. The molecule has 0 rings (SSSR count). The second kappa shape index (κ2) is 3.91. The number of hydrogen-bond acceptors (Lipinski definition) is 3. The average Bonchev–Trinajstić information content (AvgIpc) is 1.81. The van der Waals surface area contributed by atoms with Gasteiger partial charge in [0.2, 0.25) is 0 Å². The van der Waals surface area contributed by atoms with Crippen LogP contribution in [0.4, 0.5) is 0 Å². The van der Waals surface area contributed by atoms with Crippen LogP contribution in [0.25, 0.3) is 0 Å². The fourth-order valence-electron chi connectivity index (χ4n) is 0.268. The first-order chi connectivity index (χ1) is 4.45. The van der Waals surface area contributed by atoms with E-state index >= 15 is 0 Å². The molecule has 0 aromatic heterocycles. The Morgan fingerprint density at radius 2 is 1.90 bits per heavy atom. The third-order valence-corrected chi connectivity index (χ3v) is 0.758. The molecular formula is C7H16O3. The summed E-state index contributed by atoms with van der Waals surface area (Å²) in [6, 6.07) is 0. The molecule has 0 spiro atoms. The van der Waals surface area contributed by atoms with Gasteiger partial charge in [-0.3, -0.25) is 0 Å². The molecule has 10 heavy (non-hydrogen) atoms. The normalized spacial score (nSPS) is 15.3. The van der Waals surface area contributed by atoms with Crippen LogP contribution in [0.5, 0.6) is 0 Å². The minimum absolute atomic E-state index is 0.351. The van der Waals surface area contributed by atoms with Crippen LogP contribution >= 0.6 is 0 Å². The number of aliphatic hydroxyl groups is 1. The lowest BCUT2D eigenvalue weighted by Gasteiger charge is -2.19. The monoisotopic (exact) mass is 148 g/mol. The Labute approximate surface area is 61.9 Å². The molecule has 0 aliphatic carbocycles. The van der Waals surface area contributed by atoms with Gasteiger partial charge in [-0.25, -0.2) is 9.78 Å². The van der Waals surface area contributed by atoms with Crippen LogP contribution in [0.15, 0.2) is 0 Å². The van der Waals surface area contributed by atoms with Gasteiger partial charge in [0.1, 0.15) is 0 Å². The van der Waals surface area contributed by atoms with Gasteiger partial charge < -0.3 is 5.11 Å². The summed E-state index contributed by atoms with van der Waals surface area (Å²) in [5, 5.41) is 8.87. The molecule has 0 aromatic rings. The Balaban J connectivity index is 3.36. The van der Waals surface area contributed by atoms with Gasteiger partial charge in [-0.1, -0.05) is 6.92 Å². The van der Waals surface area contributed by atoms with Gasteiger partial charge in [0.15, 0.2) is 6.29 Å². The highest BCUT2D eigenvalue weighted by atomic mass is 17.2. The zero-order valence-corrected chi connectivity index (χ0v) is 7.05. The minimum atomic E-state index is -0.806. The molecule has 62 valence electrons. The van der Waals surface area contributed by atoms with Crippen molar-refractivity contribution < 1.29 is 14.9 Å². The Morgan fingerprint density at radius 1 is 1.40 bits per heavy atom. The smallest absolute Gasteiger partial charge is 0.188 e. The van der Waals surface area contributed by atoms with Crippen molar-refractivity contribution >= 4 is 0 Å². The maximum atomic E-state index is 8.87. The highest BCUT2D eigenvalue weighted by Gasteiger charge is 2.13. The summed E-state index contributed by atoms with van der Waals surface area (Å²) in [6.07, 6.45) is -0.268. The van der Waals surface area contributed by atoms with Crippen molar-refractivity contribution in [2.24, 2.45) is 0 Å². The van der Waals surface area contributed by atoms with Gasteiger partial charge in [-0.2, -0.15) is 0 Å². The van der Waals surface area contributed by atoms with E-state index in [-0.39, 0.29) is 5.60 Å². The largest absolute Gasteiger partial charge is 0.366 e. The fraction of sp³-hybridized carbons (Fsp3) is 1.00. The van der Waals surface area contributed by atoms with Crippen molar-refractivity contribution in [3.63, 3.8) is 0 Å². The van der Waals surface area contributed by atoms with Crippen molar-refractivity contribution in [3.05, 3.63) is 0 Å². The zero-order chi connectivity index (χ0) is 8.20. The molecule has 0 amide bonds. The molecule has 1 N–H and O–H groups in total. The molecule has 0 aromatic carbocycles. The third kappa shape index (κ3) is 6.01. The number of rotatable bonds is 3. The molecule has 1 unspecified atom stereocenters. The van der Waals surface area contributed by atoms with Crippen molar-refractivity contribution in [2.75, 3.05) is 0 Å². The van der Waals surface area contributed by atoms with Crippen LogP contribution in [0, 0.1) is 0 Å². The number of aliphatic hydroxyl groups excluding tert-OH is 1. The average molecular weight is 148 g/mol. The van der Waals surface area contributed by atoms with E-state index in [4.69, 9.17) is 9.99 Å². The van der Waals surface area contributed by atoms with E-state index in [1.165, 1.54) is 0 Å². The summed E-state index contributed by atoms with van der Waals surface area (Å²) in [7, 11) is 0. The van der Waals surface area contributed by atoms with Crippen molar-refractivity contribution in [3.8, 4) is 0 Å². The Kier molecular flexibility index (Phi) is 3.86. The highest BCUT2D eigenvalue weighted by molar-refractivity contribution is 4.54. The lowest BCUT2D eigenvalue weighted by atomic mass is 10.2. The van der Waals surface area contributed by atoms with E-state index in [2.05, 4.69) is 4.89 Å². The summed E-state index contributed by atoms with van der Waals surface area (Å²) in [5.74, 6) is 0. The summed E-state index contributed by atoms with van der Waals surface area (Å²) < 4.78 is 0. The summed E-state index contributed by atoms with van der Waals surface area (Å²) in [6.45, 7) is 7.39. The zero-order valence-electron chi connectivity index (χ0n) is 7.05. The topological polar surface area (TPSA) is 38.7 Å². The van der Waals surface area contributed by atoms with E-state index in [1.807, 2.05) is 27.7 Å². The Hall–Kier alpha value is -0.120. The maximum Gasteiger partial charge on any atom is 0.188 e. The predicted molar refractivity (Wildman–Crippen MR) is 38.2 cm³/mol. The molecule has 0 saturated carbocycles. The van der Waals surface area contributed by atoms with Crippen LogP contribution in [-0.2, 0) is 9.78 Å². The first kappa shape index (κ1) is 9.88. The molecule has 0 saturated heterocycles. The van der Waals surface area contributed by atoms with Crippen molar-refractivity contribution in [1.29, 1.82) is 0 Å². The quantitative estimate of drug-likeness (QED) is 0.374. The summed E-state index contributed by atoms with van der Waals surface area (Å²) in [4.78, 5) is 9.44. The second-order valence-corrected chi connectivity index (χ2v) is 3.15. The third-order valence-electron chi connectivity index (χ3n) is 0.758. The van der Waals surface area contributed by atoms with Crippen LogP contribution < -0.4 is 0 Å². The van der Waals surface area contributed by atoms with Gasteiger partial charge in [0.25, 0.3) is 0 Å². The molecule has 0 bridgehead atoms. The highest BCUT2D eigenvalue weighted by Crippen LogP contribution is 2.08. The molecule has 3 heteroatoms. The lowest BCUT2D eigenvalue weighted by molar-refractivity contribution is -0.409. The van der Waals surface area contributed by atoms with E-state index in [0.717, 1.165) is 0 Å². The van der Waals surface area contributed by atoms with Crippen LogP contribution in [0.2, 0.25) is 0 Å². The molecule has 0 heterocycles. The molecule has 1 atom stereocenters. The second-order valence-electron chi connectivity index (χ2n) is 3.15. The van der Waals surface area contributed by atoms with E-state index in [1.54, 1.807) is 0 Å². The first-order valence-electron chi connectivity index (χ1n) is 3.48. The SMILES string of the molecule is CCC(O)OOC(C)(C)C. The Morgan fingerprint density at radius 3 is 2.20 bits per heavy atom. The van der Waals surface area contributed by atoms with Gasteiger partial charge in [-0.05, 0) is 27.2 Å². The van der Waals surface area contributed by atoms with Gasteiger partial charge in [0.05, 0.1) is 5.60 Å². The van der Waals surface area contributed by atoms with E-state index < -0.39 is 6.29 Å². The lowest BCUT2D eigenvalue weighted by Crippen LogP contribution is -2.23. The van der Waals surface area contributed by atoms with Crippen LogP contribution in [0.3, 0.4) is 0 Å². The Bertz CT molecular complexity index is 85.3. The predicted octanol–water partition coefficient (Wildman–Crippen LogP) is 1.46. The van der Waals surface area contributed by atoms with Gasteiger partial charge >= 0.3 is 0 Å². The van der Waals surface area contributed by atoms with Gasteiger partial charge in [-0.15, -0.1) is 0 Å². The van der Waals surface area contributed by atoms with Crippen molar-refractivity contribution in [1.82, 2.24) is 0 Å².